The monoisotopic (exact) mass is 298 g/mol. The Labute approximate surface area is 133 Å². The lowest BCUT2D eigenvalue weighted by molar-refractivity contribution is 0.103. The summed E-state index contributed by atoms with van der Waals surface area (Å²) in [5, 5.41) is 14.1. The van der Waals surface area contributed by atoms with Gasteiger partial charge in [-0.05, 0) is 33.7 Å². The molecule has 110 valence electrons. The summed E-state index contributed by atoms with van der Waals surface area (Å²) in [6.45, 7) is 0. The summed E-state index contributed by atoms with van der Waals surface area (Å²) in [7, 11) is 0. The van der Waals surface area contributed by atoms with Gasteiger partial charge in [-0.3, -0.25) is 4.79 Å². The Hall–Kier alpha value is -3.13. The van der Waals surface area contributed by atoms with Gasteiger partial charge >= 0.3 is 0 Å². The highest BCUT2D eigenvalue weighted by molar-refractivity contribution is 6.18. The number of carbonyl (C=O) groups is 1. The zero-order valence-corrected chi connectivity index (χ0v) is 12.4. The molecule has 0 spiro atoms. The number of hydrogen-bond acceptors (Lipinski definition) is 2. The number of ketones is 1. The highest BCUT2D eigenvalue weighted by Gasteiger charge is 2.16. The van der Waals surface area contributed by atoms with Crippen molar-refractivity contribution in [3.8, 4) is 5.75 Å². The molecule has 2 heteroatoms. The minimum Gasteiger partial charge on any atom is -0.507 e. The average Bonchev–Trinajstić information content (AvgIpc) is 2.60. The first-order chi connectivity index (χ1) is 11.2. The van der Waals surface area contributed by atoms with Gasteiger partial charge in [0.2, 0.25) is 0 Å². The van der Waals surface area contributed by atoms with Crippen LogP contribution >= 0.6 is 0 Å². The minimum absolute atomic E-state index is 0.0154. The molecule has 0 bridgehead atoms. The van der Waals surface area contributed by atoms with Crippen LogP contribution in [0.25, 0.3) is 21.5 Å². The Balaban J connectivity index is 1.93. The molecule has 1 N–H and O–H groups in total. The van der Waals surface area contributed by atoms with Gasteiger partial charge in [0.1, 0.15) is 5.75 Å². The van der Waals surface area contributed by atoms with Gasteiger partial charge in [-0.2, -0.15) is 0 Å². The Kier molecular flexibility index (Phi) is 3.09. The Morgan fingerprint density at radius 2 is 1.26 bits per heavy atom. The van der Waals surface area contributed by atoms with Crippen molar-refractivity contribution in [3.05, 3.63) is 90.0 Å². The van der Waals surface area contributed by atoms with Gasteiger partial charge in [-0.15, -0.1) is 0 Å². The fraction of sp³-hybridized carbons (Fsp3) is 0. The molecule has 4 aromatic carbocycles. The molecule has 4 rings (SSSR count). The minimum atomic E-state index is -0.162. The molecule has 0 aliphatic heterocycles. The van der Waals surface area contributed by atoms with Crippen molar-refractivity contribution in [3.63, 3.8) is 0 Å². The first-order valence-corrected chi connectivity index (χ1v) is 7.48. The van der Waals surface area contributed by atoms with Crippen molar-refractivity contribution >= 4 is 27.3 Å². The van der Waals surface area contributed by atoms with E-state index in [1.807, 2.05) is 60.7 Å². The van der Waals surface area contributed by atoms with Crippen molar-refractivity contribution < 1.29 is 9.90 Å². The summed E-state index contributed by atoms with van der Waals surface area (Å²) in [6.07, 6.45) is 0. The van der Waals surface area contributed by atoms with Gasteiger partial charge in [-0.1, -0.05) is 66.7 Å². The molecule has 0 amide bonds. The number of carbonyl (C=O) groups excluding carboxylic acids is 1. The molecular formula is C21H14O2. The summed E-state index contributed by atoms with van der Waals surface area (Å²) >= 11 is 0. The van der Waals surface area contributed by atoms with E-state index in [0.717, 1.165) is 21.5 Å². The predicted octanol–water partition coefficient (Wildman–Crippen LogP) is 4.93. The predicted molar refractivity (Wildman–Crippen MR) is 93.0 cm³/mol. The van der Waals surface area contributed by atoms with Crippen LogP contribution in [-0.4, -0.2) is 10.9 Å². The number of aromatic hydroxyl groups is 1. The van der Waals surface area contributed by atoms with Crippen molar-refractivity contribution in [2.75, 3.05) is 0 Å². The third kappa shape index (κ3) is 2.25. The van der Waals surface area contributed by atoms with Crippen LogP contribution in [0.5, 0.6) is 5.75 Å². The largest absolute Gasteiger partial charge is 0.507 e. The quantitative estimate of drug-likeness (QED) is 0.533. The van der Waals surface area contributed by atoms with Crippen LogP contribution < -0.4 is 0 Å². The third-order valence-electron chi connectivity index (χ3n) is 4.14. The van der Waals surface area contributed by atoms with E-state index < -0.39 is 0 Å². The number of hydrogen-bond donors (Lipinski definition) is 1. The maximum Gasteiger partial charge on any atom is 0.197 e. The standard InChI is InChI=1S/C21H14O2/c22-20-13-16-8-2-1-7-15(16)12-19(20)21(23)18-11-5-9-14-6-3-4-10-17(14)18/h1-13,22H. The number of phenols is 1. The summed E-state index contributed by atoms with van der Waals surface area (Å²) in [6, 6.07) is 24.5. The number of fused-ring (bicyclic) bond motifs is 2. The van der Waals surface area contributed by atoms with Crippen molar-refractivity contribution in [2.24, 2.45) is 0 Å². The van der Waals surface area contributed by atoms with E-state index in [0.29, 0.717) is 11.1 Å². The number of benzene rings is 4. The van der Waals surface area contributed by atoms with Gasteiger partial charge in [-0.25, -0.2) is 0 Å². The second-order valence-corrected chi connectivity index (χ2v) is 5.57. The second-order valence-electron chi connectivity index (χ2n) is 5.57. The maximum absolute atomic E-state index is 13.0. The molecule has 23 heavy (non-hydrogen) atoms. The lowest BCUT2D eigenvalue weighted by Crippen LogP contribution is -2.02. The zero-order valence-electron chi connectivity index (χ0n) is 12.4. The molecule has 0 radical (unpaired) electrons. The van der Waals surface area contributed by atoms with Gasteiger partial charge in [0.05, 0.1) is 5.56 Å². The topological polar surface area (TPSA) is 37.3 Å². The Bertz CT molecular complexity index is 1040. The van der Waals surface area contributed by atoms with E-state index in [1.165, 1.54) is 0 Å². The van der Waals surface area contributed by atoms with Crippen LogP contribution in [0, 0.1) is 0 Å². The van der Waals surface area contributed by atoms with Gasteiger partial charge in [0, 0.05) is 5.56 Å². The molecule has 0 saturated carbocycles. The highest BCUT2D eigenvalue weighted by atomic mass is 16.3. The van der Waals surface area contributed by atoms with Crippen LogP contribution in [0.3, 0.4) is 0 Å². The molecule has 0 fully saturated rings. The molecule has 2 nitrogen and oxygen atoms in total. The lowest BCUT2D eigenvalue weighted by atomic mass is 9.95. The first-order valence-electron chi connectivity index (χ1n) is 7.48. The maximum atomic E-state index is 13.0. The van der Waals surface area contributed by atoms with E-state index >= 15 is 0 Å². The van der Waals surface area contributed by atoms with E-state index in [2.05, 4.69) is 0 Å². The van der Waals surface area contributed by atoms with Crippen LogP contribution in [0.4, 0.5) is 0 Å². The van der Waals surface area contributed by atoms with Gasteiger partial charge < -0.3 is 5.11 Å². The molecule has 0 aliphatic carbocycles. The molecular weight excluding hydrogens is 284 g/mol. The van der Waals surface area contributed by atoms with E-state index in [1.54, 1.807) is 18.2 Å². The molecule has 0 unspecified atom stereocenters. The van der Waals surface area contributed by atoms with E-state index in [-0.39, 0.29) is 11.5 Å². The summed E-state index contributed by atoms with van der Waals surface area (Å²) < 4.78 is 0. The smallest absolute Gasteiger partial charge is 0.197 e. The van der Waals surface area contributed by atoms with Crippen LogP contribution in [-0.2, 0) is 0 Å². The fourth-order valence-electron chi connectivity index (χ4n) is 2.98. The van der Waals surface area contributed by atoms with Crippen LogP contribution in [0.15, 0.2) is 78.9 Å². The van der Waals surface area contributed by atoms with Gasteiger partial charge in [0.15, 0.2) is 5.78 Å². The molecule has 0 heterocycles. The Morgan fingerprint density at radius 1 is 0.652 bits per heavy atom. The first kappa shape index (κ1) is 13.5. The van der Waals surface area contributed by atoms with Gasteiger partial charge in [0.25, 0.3) is 0 Å². The average molecular weight is 298 g/mol. The highest BCUT2D eigenvalue weighted by Crippen LogP contribution is 2.29. The van der Waals surface area contributed by atoms with Crippen LogP contribution in [0.2, 0.25) is 0 Å². The SMILES string of the molecule is O=C(c1cc2ccccc2cc1O)c1cccc2ccccc12. The summed E-state index contributed by atoms with van der Waals surface area (Å²) in [5.41, 5.74) is 0.939. The molecule has 4 aromatic rings. The Morgan fingerprint density at radius 3 is 2.04 bits per heavy atom. The number of rotatable bonds is 2. The van der Waals surface area contributed by atoms with Crippen molar-refractivity contribution in [1.29, 1.82) is 0 Å². The molecule has 0 saturated heterocycles. The third-order valence-corrected chi connectivity index (χ3v) is 4.14. The second kappa shape index (κ2) is 5.25. The lowest BCUT2D eigenvalue weighted by Gasteiger charge is -2.09. The van der Waals surface area contributed by atoms with E-state index in [9.17, 15) is 9.90 Å². The zero-order chi connectivity index (χ0) is 15.8. The summed E-state index contributed by atoms with van der Waals surface area (Å²) in [5.74, 6) is -0.147. The molecule has 0 aromatic heterocycles. The number of phenolic OH excluding ortho intramolecular Hbond substituents is 1. The van der Waals surface area contributed by atoms with Crippen molar-refractivity contribution in [2.45, 2.75) is 0 Å². The van der Waals surface area contributed by atoms with Crippen LogP contribution in [0.1, 0.15) is 15.9 Å². The summed E-state index contributed by atoms with van der Waals surface area (Å²) in [4.78, 5) is 13.0. The van der Waals surface area contributed by atoms with E-state index in [4.69, 9.17) is 0 Å². The molecule has 0 atom stereocenters. The molecule has 0 aliphatic rings. The fourth-order valence-corrected chi connectivity index (χ4v) is 2.98. The van der Waals surface area contributed by atoms with Crippen molar-refractivity contribution in [1.82, 2.24) is 0 Å². The normalized spacial score (nSPS) is 11.0.